The number of carbonyl (C=O) groups is 2. The standard InChI is InChI=1S/C53H97NO12SSi/c1-9-12-15-18-21-24-25-26-27-30-33-36-47(55)54-48-50(49(66-67(58,59)60)46(64-52(48)57)42-63-68(7,8)53(4,5)6)65-51(56)43-37-38-44(61-39-34-31-28-22-19-16-13-10-2)45(41-43)62-40-35-32-29-23-20-17-14-11-3/h37-38,41,46,48-50,52,57H,9-36,39-40,42H2,1-8H3,(H,54,55)(H,58,59,60)/t46-,48+,49-,50-,52+/m1/s1. The molecule has 1 aromatic carbocycles. The normalized spacial score (nSPS) is 18.9. The molecule has 0 spiro atoms. The predicted molar refractivity (Wildman–Crippen MR) is 275 cm³/mol. The van der Waals surface area contributed by atoms with Crippen molar-refractivity contribution < 1.29 is 55.2 Å². The zero-order valence-corrected chi connectivity index (χ0v) is 45.7. The third-order valence-corrected chi connectivity index (χ3v) is 18.5. The number of ether oxygens (including phenoxy) is 4. The zero-order valence-electron chi connectivity index (χ0n) is 43.9. The van der Waals surface area contributed by atoms with Gasteiger partial charge in [-0.25, -0.2) is 8.98 Å². The van der Waals surface area contributed by atoms with Crippen LogP contribution in [-0.2, 0) is 33.3 Å². The molecule has 1 heterocycles. The Morgan fingerprint density at radius 3 is 1.56 bits per heavy atom. The van der Waals surface area contributed by atoms with Crippen LogP contribution >= 0.6 is 0 Å². The van der Waals surface area contributed by atoms with Crippen molar-refractivity contribution in [3.8, 4) is 11.5 Å². The molecule has 1 fully saturated rings. The maximum absolute atomic E-state index is 14.3. The molecule has 0 bridgehead atoms. The third-order valence-electron chi connectivity index (χ3n) is 13.6. The van der Waals surface area contributed by atoms with Gasteiger partial charge in [0.15, 0.2) is 32.2 Å². The summed E-state index contributed by atoms with van der Waals surface area (Å²) in [6, 6.07) is 3.30. The number of benzene rings is 1. The number of hydrogen-bond donors (Lipinski definition) is 3. The van der Waals surface area contributed by atoms with Crippen LogP contribution in [0.2, 0.25) is 18.1 Å². The fourth-order valence-electron chi connectivity index (χ4n) is 8.21. The van der Waals surface area contributed by atoms with Gasteiger partial charge in [0.2, 0.25) is 5.91 Å². The van der Waals surface area contributed by atoms with E-state index in [9.17, 15) is 27.7 Å². The van der Waals surface area contributed by atoms with Crippen LogP contribution in [-0.4, -0.2) is 88.7 Å². The quantitative estimate of drug-likeness (QED) is 0.0246. The summed E-state index contributed by atoms with van der Waals surface area (Å²) in [4.78, 5) is 27.8. The number of esters is 1. The molecule has 3 N–H and O–H groups in total. The van der Waals surface area contributed by atoms with E-state index in [1.807, 2.05) is 33.9 Å². The largest absolute Gasteiger partial charge is 0.490 e. The summed E-state index contributed by atoms with van der Waals surface area (Å²) in [5.41, 5.74) is 0.0713. The summed E-state index contributed by atoms with van der Waals surface area (Å²) in [6.07, 6.45) is 24.3. The van der Waals surface area contributed by atoms with E-state index in [1.165, 1.54) is 103 Å². The van der Waals surface area contributed by atoms with Crippen LogP contribution in [0.3, 0.4) is 0 Å². The lowest BCUT2D eigenvalue weighted by atomic mass is 9.96. The van der Waals surface area contributed by atoms with Crippen LogP contribution in [0.15, 0.2) is 18.2 Å². The molecule has 0 saturated carbocycles. The van der Waals surface area contributed by atoms with Gasteiger partial charge in [-0.2, -0.15) is 8.42 Å². The zero-order chi connectivity index (χ0) is 50.3. The van der Waals surface area contributed by atoms with Crippen molar-refractivity contribution in [1.82, 2.24) is 5.32 Å². The van der Waals surface area contributed by atoms with Gasteiger partial charge in [0.25, 0.3) is 0 Å². The Kier molecular flexibility index (Phi) is 31.8. The van der Waals surface area contributed by atoms with E-state index in [1.54, 1.807) is 18.2 Å². The Hall–Kier alpha value is -2.27. The Labute approximate surface area is 414 Å². The third kappa shape index (κ3) is 26.3. The first-order valence-corrected chi connectivity index (χ1v) is 31.2. The number of nitrogens with one attached hydrogen (secondary N) is 1. The molecule has 0 aliphatic carbocycles. The average Bonchev–Trinajstić information content (AvgIpc) is 3.28. The molecule has 1 aliphatic heterocycles. The molecule has 396 valence electrons. The van der Waals surface area contributed by atoms with Crippen molar-refractivity contribution in [2.45, 2.75) is 270 Å². The van der Waals surface area contributed by atoms with E-state index in [-0.39, 0.29) is 23.6 Å². The molecule has 1 aliphatic rings. The molecule has 1 amide bonds. The number of hydrogen-bond acceptors (Lipinski definition) is 11. The molecule has 0 unspecified atom stereocenters. The van der Waals surface area contributed by atoms with Gasteiger partial charge in [0.1, 0.15) is 18.2 Å². The summed E-state index contributed by atoms with van der Waals surface area (Å²) in [6.45, 7) is 17.4. The fourth-order valence-corrected chi connectivity index (χ4v) is 9.74. The van der Waals surface area contributed by atoms with E-state index >= 15 is 0 Å². The minimum absolute atomic E-state index is 0.0713. The Balaban J connectivity index is 2.32. The number of aliphatic hydroxyl groups is 1. The average molecular weight is 1000 g/mol. The fraction of sp³-hybridized carbons (Fsp3) is 0.849. The molecular formula is C53H97NO12SSi. The highest BCUT2D eigenvalue weighted by atomic mass is 32.3. The molecule has 1 aromatic rings. The van der Waals surface area contributed by atoms with E-state index in [0.717, 1.165) is 64.2 Å². The van der Waals surface area contributed by atoms with Gasteiger partial charge < -0.3 is 33.8 Å². The number of unbranched alkanes of at least 4 members (excludes halogenated alkanes) is 24. The van der Waals surface area contributed by atoms with Gasteiger partial charge in [-0.15, -0.1) is 0 Å². The van der Waals surface area contributed by atoms with Crippen molar-refractivity contribution in [2.24, 2.45) is 0 Å². The van der Waals surface area contributed by atoms with Gasteiger partial charge in [0.05, 0.1) is 25.4 Å². The van der Waals surface area contributed by atoms with Crippen LogP contribution in [0.4, 0.5) is 0 Å². The first kappa shape index (κ1) is 61.8. The van der Waals surface area contributed by atoms with Crippen molar-refractivity contribution in [3.05, 3.63) is 23.8 Å². The van der Waals surface area contributed by atoms with E-state index in [4.69, 9.17) is 27.6 Å². The number of rotatable bonds is 40. The highest BCUT2D eigenvalue weighted by Crippen LogP contribution is 2.38. The maximum atomic E-state index is 14.3. The lowest BCUT2D eigenvalue weighted by molar-refractivity contribution is -0.247. The van der Waals surface area contributed by atoms with Gasteiger partial charge in [-0.05, 0) is 55.6 Å². The first-order valence-electron chi connectivity index (χ1n) is 27.0. The smallest absolute Gasteiger partial charge is 0.397 e. The second-order valence-electron chi connectivity index (χ2n) is 20.7. The molecule has 13 nitrogen and oxygen atoms in total. The van der Waals surface area contributed by atoms with Gasteiger partial charge in [-0.3, -0.25) is 9.35 Å². The predicted octanol–water partition coefficient (Wildman–Crippen LogP) is 13.4. The highest BCUT2D eigenvalue weighted by Gasteiger charge is 2.52. The number of aliphatic hydroxyl groups excluding tert-OH is 1. The van der Waals surface area contributed by atoms with E-state index in [0.29, 0.717) is 31.1 Å². The van der Waals surface area contributed by atoms with Crippen LogP contribution in [0.5, 0.6) is 11.5 Å². The number of carbonyl (C=O) groups excluding carboxylic acids is 2. The first-order chi connectivity index (χ1) is 32.4. The van der Waals surface area contributed by atoms with Crippen molar-refractivity contribution >= 4 is 30.6 Å². The second-order valence-corrected chi connectivity index (χ2v) is 26.5. The molecule has 2 rings (SSSR count). The van der Waals surface area contributed by atoms with Crippen LogP contribution in [0.1, 0.15) is 232 Å². The van der Waals surface area contributed by atoms with Crippen molar-refractivity contribution in [3.63, 3.8) is 0 Å². The van der Waals surface area contributed by atoms with Crippen LogP contribution < -0.4 is 14.8 Å². The topological polar surface area (TPSA) is 176 Å². The Morgan fingerprint density at radius 1 is 0.662 bits per heavy atom. The monoisotopic (exact) mass is 1000 g/mol. The second kappa shape index (κ2) is 34.9. The van der Waals surface area contributed by atoms with E-state index in [2.05, 4.69) is 26.1 Å². The molecule has 15 heteroatoms. The molecule has 5 atom stereocenters. The molecule has 1 saturated heterocycles. The van der Waals surface area contributed by atoms with Crippen molar-refractivity contribution in [2.75, 3.05) is 19.8 Å². The lowest BCUT2D eigenvalue weighted by Gasteiger charge is -2.45. The number of amides is 1. The summed E-state index contributed by atoms with van der Waals surface area (Å²) in [5, 5.41) is 14.0. The van der Waals surface area contributed by atoms with Gasteiger partial charge >= 0.3 is 16.4 Å². The molecule has 68 heavy (non-hydrogen) atoms. The Morgan fingerprint density at radius 2 is 1.10 bits per heavy atom. The SMILES string of the molecule is CCCCCCCCCCCCCC(=O)N[C@H]1[C@@H](OC(=O)c2ccc(OCCCCCCCCCC)c(OCCCCCCCCCC)c2)[C@H](OS(=O)(=O)O)[C@@H](CO[Si](C)(C)C(C)(C)C)O[C@@H]1O. The minimum atomic E-state index is -5.18. The van der Waals surface area contributed by atoms with Gasteiger partial charge in [-0.1, -0.05) is 196 Å². The van der Waals surface area contributed by atoms with Crippen LogP contribution in [0.25, 0.3) is 0 Å². The minimum Gasteiger partial charge on any atom is -0.490 e. The summed E-state index contributed by atoms with van der Waals surface area (Å²) in [7, 11) is -7.66. The molecule has 0 aromatic heterocycles. The van der Waals surface area contributed by atoms with Crippen LogP contribution in [0, 0.1) is 0 Å². The summed E-state index contributed by atoms with van der Waals surface area (Å²) < 4.78 is 71.1. The lowest BCUT2D eigenvalue weighted by Crippen LogP contribution is -2.66. The Bertz CT molecular complexity index is 1610. The molecule has 0 radical (unpaired) electrons. The summed E-state index contributed by atoms with van der Waals surface area (Å²) in [5.74, 6) is -0.468. The van der Waals surface area contributed by atoms with E-state index < -0.39 is 61.2 Å². The maximum Gasteiger partial charge on any atom is 0.397 e. The van der Waals surface area contributed by atoms with Crippen molar-refractivity contribution in [1.29, 1.82) is 0 Å². The molecular weight excluding hydrogens is 903 g/mol. The highest BCUT2D eigenvalue weighted by molar-refractivity contribution is 7.80. The van der Waals surface area contributed by atoms with Gasteiger partial charge in [0, 0.05) is 6.42 Å². The summed E-state index contributed by atoms with van der Waals surface area (Å²) >= 11 is 0.